The maximum absolute atomic E-state index is 13.2. The van der Waals surface area contributed by atoms with Gasteiger partial charge in [0.25, 0.3) is 5.91 Å². The largest absolute Gasteiger partial charge is 0.443 e. The molecule has 162 valence electrons. The maximum Gasteiger partial charge on any atom is 0.417 e. The molecular weight excluding hydrogens is 368 g/mol. The van der Waals surface area contributed by atoms with Crippen LogP contribution < -0.4 is 5.32 Å². The summed E-state index contributed by atoms with van der Waals surface area (Å²) in [6, 6.07) is 0. The molecule has 0 saturated carbocycles. The summed E-state index contributed by atoms with van der Waals surface area (Å²) in [6.07, 6.45) is 8.03. The second-order valence-corrected chi connectivity index (χ2v) is 8.81. The molecule has 1 aromatic heterocycles. The average molecular weight is 405 g/mol. The Morgan fingerprint density at radius 3 is 2.59 bits per heavy atom. The van der Waals surface area contributed by atoms with E-state index in [1.807, 2.05) is 6.92 Å². The molecule has 1 aliphatic rings. The Kier molecular flexibility index (Phi) is 8.02. The predicted molar refractivity (Wildman–Crippen MR) is 114 cm³/mol. The molecule has 1 aliphatic carbocycles. The van der Waals surface area contributed by atoms with E-state index >= 15 is 0 Å². The minimum atomic E-state index is -0.665. The van der Waals surface area contributed by atoms with E-state index in [4.69, 9.17) is 4.74 Å². The molecule has 0 saturated heterocycles. The maximum atomic E-state index is 13.2. The van der Waals surface area contributed by atoms with E-state index < -0.39 is 11.7 Å². The zero-order valence-electron chi connectivity index (χ0n) is 18.7. The number of nitrogens with zero attached hydrogens (tertiary/aromatic N) is 3. The van der Waals surface area contributed by atoms with Crippen LogP contribution in [0.3, 0.4) is 0 Å². The summed E-state index contributed by atoms with van der Waals surface area (Å²) < 4.78 is 7.15. The van der Waals surface area contributed by atoms with Crippen LogP contribution in [-0.2, 0) is 11.8 Å². The van der Waals surface area contributed by atoms with Crippen LogP contribution in [0.4, 0.5) is 4.79 Å². The number of carbonyl (C=O) groups is 2. The molecule has 2 amide bonds. The smallest absolute Gasteiger partial charge is 0.417 e. The fourth-order valence-electron chi connectivity index (χ4n) is 3.52. The zero-order chi connectivity index (χ0) is 21.6. The van der Waals surface area contributed by atoms with Gasteiger partial charge in [-0.2, -0.15) is 5.10 Å². The van der Waals surface area contributed by atoms with Gasteiger partial charge in [-0.15, -0.1) is 0 Å². The van der Waals surface area contributed by atoms with Crippen molar-refractivity contribution in [3.8, 4) is 0 Å². The number of aromatic nitrogens is 2. The number of aryl methyl sites for hydroxylation is 2. The van der Waals surface area contributed by atoms with Gasteiger partial charge in [0.2, 0.25) is 0 Å². The van der Waals surface area contributed by atoms with Gasteiger partial charge in [0.15, 0.2) is 0 Å². The topological polar surface area (TPSA) is 76.5 Å². The van der Waals surface area contributed by atoms with Gasteiger partial charge >= 0.3 is 6.09 Å². The monoisotopic (exact) mass is 404 g/mol. The Labute approximate surface area is 174 Å². The lowest BCUT2D eigenvalue weighted by Crippen LogP contribution is -2.42. The molecule has 1 aromatic rings. The van der Waals surface area contributed by atoms with Crippen LogP contribution in [-0.4, -0.2) is 51.9 Å². The predicted octanol–water partition coefficient (Wildman–Crippen LogP) is 3.75. The molecule has 2 rings (SSSR count). The van der Waals surface area contributed by atoms with Crippen molar-refractivity contribution in [2.75, 3.05) is 19.6 Å². The van der Waals surface area contributed by atoms with Crippen molar-refractivity contribution >= 4 is 12.0 Å². The zero-order valence-corrected chi connectivity index (χ0v) is 18.7. The second kappa shape index (κ2) is 10.1. The molecule has 1 N–H and O–H groups in total. The SMILES string of the molecule is Cc1nn(C)c(C)c1C(=O)N(CCCNCC1CC=CCC1)C(=O)OC(C)(C)C. The van der Waals surface area contributed by atoms with Gasteiger partial charge in [-0.05, 0) is 79.3 Å². The number of ether oxygens (including phenoxy) is 1. The Morgan fingerprint density at radius 2 is 2.03 bits per heavy atom. The minimum Gasteiger partial charge on any atom is -0.443 e. The Morgan fingerprint density at radius 1 is 1.31 bits per heavy atom. The summed E-state index contributed by atoms with van der Waals surface area (Å²) in [6.45, 7) is 11.0. The molecule has 0 aromatic carbocycles. The van der Waals surface area contributed by atoms with Gasteiger partial charge in [0, 0.05) is 19.3 Å². The summed E-state index contributed by atoms with van der Waals surface area (Å²) in [7, 11) is 1.79. The average Bonchev–Trinajstić information content (AvgIpc) is 2.89. The van der Waals surface area contributed by atoms with Crippen molar-refractivity contribution in [1.82, 2.24) is 20.0 Å². The molecule has 29 heavy (non-hydrogen) atoms. The number of amides is 2. The third kappa shape index (κ3) is 6.70. The van der Waals surface area contributed by atoms with Gasteiger partial charge < -0.3 is 10.1 Å². The van der Waals surface area contributed by atoms with Gasteiger partial charge in [0.05, 0.1) is 11.3 Å². The van der Waals surface area contributed by atoms with Crippen molar-refractivity contribution in [3.05, 3.63) is 29.1 Å². The molecule has 1 atom stereocenters. The highest BCUT2D eigenvalue weighted by Crippen LogP contribution is 2.19. The normalized spacial score (nSPS) is 16.7. The lowest BCUT2D eigenvalue weighted by Gasteiger charge is -2.26. The van der Waals surface area contributed by atoms with Crippen molar-refractivity contribution in [2.24, 2.45) is 13.0 Å². The number of hydrogen-bond acceptors (Lipinski definition) is 5. The summed E-state index contributed by atoms with van der Waals surface area (Å²) in [5, 5.41) is 7.77. The Hall–Kier alpha value is -2.15. The Bertz CT molecular complexity index is 746. The molecule has 0 bridgehead atoms. The van der Waals surface area contributed by atoms with Crippen LogP contribution in [0.1, 0.15) is 68.2 Å². The summed E-state index contributed by atoms with van der Waals surface area (Å²) in [5.74, 6) is 0.323. The summed E-state index contributed by atoms with van der Waals surface area (Å²) >= 11 is 0. The number of hydrogen-bond donors (Lipinski definition) is 1. The molecule has 0 spiro atoms. The highest BCUT2D eigenvalue weighted by Gasteiger charge is 2.30. The van der Waals surface area contributed by atoms with Crippen LogP contribution in [0.5, 0.6) is 0 Å². The number of imide groups is 1. The van der Waals surface area contributed by atoms with Crippen molar-refractivity contribution in [1.29, 1.82) is 0 Å². The minimum absolute atomic E-state index is 0.305. The van der Waals surface area contributed by atoms with Crippen LogP contribution in [0.2, 0.25) is 0 Å². The van der Waals surface area contributed by atoms with Gasteiger partial charge in [0.1, 0.15) is 5.60 Å². The first-order valence-electron chi connectivity index (χ1n) is 10.5. The third-order valence-electron chi connectivity index (χ3n) is 5.13. The van der Waals surface area contributed by atoms with E-state index in [9.17, 15) is 9.59 Å². The number of carbonyl (C=O) groups excluding carboxylic acids is 2. The number of nitrogens with one attached hydrogen (secondary N) is 1. The molecule has 1 heterocycles. The fraction of sp³-hybridized carbons (Fsp3) is 0.682. The van der Waals surface area contributed by atoms with Crippen LogP contribution in [0.15, 0.2) is 12.2 Å². The van der Waals surface area contributed by atoms with E-state index in [2.05, 4.69) is 22.6 Å². The first kappa shape index (κ1) is 23.1. The lowest BCUT2D eigenvalue weighted by atomic mass is 9.94. The molecule has 0 fully saturated rings. The van der Waals surface area contributed by atoms with Crippen molar-refractivity contribution < 1.29 is 14.3 Å². The molecule has 7 nitrogen and oxygen atoms in total. The fourth-order valence-corrected chi connectivity index (χ4v) is 3.52. The standard InChI is InChI=1S/C22H36N4O3/c1-16-19(17(2)25(6)24-16)20(27)26(21(28)29-22(3,4)5)14-10-13-23-15-18-11-8-7-9-12-18/h7-8,18,23H,9-15H2,1-6H3. The molecule has 1 unspecified atom stereocenters. The van der Waals surface area contributed by atoms with E-state index in [1.165, 1.54) is 11.3 Å². The van der Waals surface area contributed by atoms with E-state index in [0.717, 1.165) is 31.6 Å². The Balaban J connectivity index is 2.00. The molecule has 0 radical (unpaired) electrons. The molecule has 0 aliphatic heterocycles. The molecular formula is C22H36N4O3. The quantitative estimate of drug-likeness (QED) is 0.553. The van der Waals surface area contributed by atoms with Gasteiger partial charge in [-0.3, -0.25) is 9.48 Å². The van der Waals surface area contributed by atoms with Crippen LogP contribution in [0.25, 0.3) is 0 Å². The summed E-state index contributed by atoms with van der Waals surface area (Å²) in [5.41, 5.74) is 1.17. The van der Waals surface area contributed by atoms with E-state index in [0.29, 0.717) is 30.1 Å². The highest BCUT2D eigenvalue weighted by molar-refractivity contribution is 6.04. The lowest BCUT2D eigenvalue weighted by molar-refractivity contribution is 0.0239. The summed E-state index contributed by atoms with van der Waals surface area (Å²) in [4.78, 5) is 27.1. The van der Waals surface area contributed by atoms with Crippen LogP contribution in [0, 0.1) is 19.8 Å². The van der Waals surface area contributed by atoms with Crippen LogP contribution >= 0.6 is 0 Å². The van der Waals surface area contributed by atoms with E-state index in [-0.39, 0.29) is 5.91 Å². The number of allylic oxidation sites excluding steroid dienone is 2. The van der Waals surface area contributed by atoms with Crippen molar-refractivity contribution in [2.45, 2.75) is 65.9 Å². The van der Waals surface area contributed by atoms with E-state index in [1.54, 1.807) is 39.4 Å². The molecule has 7 heteroatoms. The first-order chi connectivity index (χ1) is 13.6. The van der Waals surface area contributed by atoms with Gasteiger partial charge in [-0.1, -0.05) is 12.2 Å². The third-order valence-corrected chi connectivity index (χ3v) is 5.13. The van der Waals surface area contributed by atoms with Crippen molar-refractivity contribution in [3.63, 3.8) is 0 Å². The number of rotatable bonds is 7. The first-order valence-corrected chi connectivity index (χ1v) is 10.5. The second-order valence-electron chi connectivity index (χ2n) is 8.81. The van der Waals surface area contributed by atoms with Gasteiger partial charge in [-0.25, -0.2) is 9.69 Å². The highest BCUT2D eigenvalue weighted by atomic mass is 16.6.